The lowest BCUT2D eigenvalue weighted by Gasteiger charge is -2.34. The minimum absolute atomic E-state index is 0.0925. The van der Waals surface area contributed by atoms with Gasteiger partial charge in [0.2, 0.25) is 0 Å². The molecule has 0 N–H and O–H groups in total. The van der Waals surface area contributed by atoms with Crippen LogP contribution in [0.3, 0.4) is 0 Å². The summed E-state index contributed by atoms with van der Waals surface area (Å²) in [6.45, 7) is 5.60. The highest BCUT2D eigenvalue weighted by Crippen LogP contribution is 2.44. The number of imidazole rings is 1. The lowest BCUT2D eigenvalue weighted by Crippen LogP contribution is -2.30. The van der Waals surface area contributed by atoms with Crippen LogP contribution in [0.15, 0.2) is 42.9 Å². The Morgan fingerprint density at radius 3 is 2.74 bits per heavy atom. The van der Waals surface area contributed by atoms with Crippen molar-refractivity contribution in [3.8, 4) is 5.69 Å². The number of hydrogen-bond donors (Lipinski definition) is 0. The first-order chi connectivity index (χ1) is 11.0. The van der Waals surface area contributed by atoms with Gasteiger partial charge in [-0.1, -0.05) is 18.2 Å². The van der Waals surface area contributed by atoms with E-state index in [0.717, 1.165) is 23.5 Å². The molecule has 4 rings (SSSR count). The number of carbonyl (C=O) groups excluding carboxylic acids is 1. The molecule has 0 amide bonds. The van der Waals surface area contributed by atoms with Crippen LogP contribution in [0, 0.1) is 0 Å². The second kappa shape index (κ2) is 4.72. The Morgan fingerprint density at radius 1 is 1.26 bits per heavy atom. The highest BCUT2D eigenvalue weighted by Gasteiger charge is 2.37. The Bertz CT molecular complexity index is 814. The van der Waals surface area contributed by atoms with Gasteiger partial charge in [-0.05, 0) is 39.3 Å². The summed E-state index contributed by atoms with van der Waals surface area (Å²) in [5.41, 5.74) is 2.95. The normalized spacial score (nSPS) is 18.4. The van der Waals surface area contributed by atoms with Crippen LogP contribution in [0.1, 0.15) is 49.4 Å². The zero-order valence-corrected chi connectivity index (χ0v) is 13.5. The largest absolute Gasteiger partial charge is 0.455 e. The number of rotatable bonds is 1. The Hall–Kier alpha value is -2.56. The second-order valence-corrected chi connectivity index (χ2v) is 6.88. The first-order valence-corrected chi connectivity index (χ1v) is 7.81. The third-order valence-corrected chi connectivity index (χ3v) is 4.09. The van der Waals surface area contributed by atoms with Crippen LogP contribution in [0.2, 0.25) is 0 Å². The summed E-state index contributed by atoms with van der Waals surface area (Å²) in [6, 6.07) is 8.25. The lowest BCUT2D eigenvalue weighted by atomic mass is 10.0. The van der Waals surface area contributed by atoms with E-state index < -0.39 is 5.60 Å². The number of anilines is 1. The van der Waals surface area contributed by atoms with E-state index in [4.69, 9.17) is 4.74 Å². The summed E-state index contributed by atoms with van der Waals surface area (Å²) in [5, 5.41) is 0. The Balaban J connectivity index is 1.85. The molecule has 1 atom stereocenters. The van der Waals surface area contributed by atoms with Gasteiger partial charge in [0.05, 0.1) is 23.1 Å². The van der Waals surface area contributed by atoms with Gasteiger partial charge in [-0.15, -0.1) is 0 Å². The summed E-state index contributed by atoms with van der Waals surface area (Å²) < 4.78 is 7.55. The number of fused-ring (bicyclic) bond motifs is 6. The molecule has 2 aliphatic heterocycles. The highest BCUT2D eigenvalue weighted by molar-refractivity contribution is 5.90. The average molecular weight is 309 g/mol. The van der Waals surface area contributed by atoms with Gasteiger partial charge in [0.15, 0.2) is 5.69 Å². The van der Waals surface area contributed by atoms with E-state index in [9.17, 15) is 4.79 Å². The predicted molar refractivity (Wildman–Crippen MR) is 87.7 cm³/mol. The van der Waals surface area contributed by atoms with Crippen molar-refractivity contribution in [1.82, 2.24) is 9.55 Å². The van der Waals surface area contributed by atoms with Crippen molar-refractivity contribution >= 4 is 11.7 Å². The SMILES string of the molecule is CC(C)(C)OC(=O)c1ncn2c1[C@@H]1CC=CN1c1ccccc1-2. The fourth-order valence-electron chi connectivity index (χ4n) is 3.25. The van der Waals surface area contributed by atoms with Gasteiger partial charge in [0, 0.05) is 6.20 Å². The Morgan fingerprint density at radius 2 is 2.00 bits per heavy atom. The fraction of sp³-hybridized carbons (Fsp3) is 0.333. The summed E-state index contributed by atoms with van der Waals surface area (Å²) in [6.07, 6.45) is 6.79. The molecule has 0 radical (unpaired) electrons. The molecule has 5 nitrogen and oxygen atoms in total. The molecule has 0 saturated heterocycles. The Kier molecular flexibility index (Phi) is 2.88. The third-order valence-electron chi connectivity index (χ3n) is 4.09. The summed E-state index contributed by atoms with van der Waals surface area (Å²) in [7, 11) is 0. The van der Waals surface area contributed by atoms with E-state index in [-0.39, 0.29) is 12.0 Å². The average Bonchev–Trinajstić information content (AvgIpc) is 3.12. The number of hydrogen-bond acceptors (Lipinski definition) is 4. The molecule has 23 heavy (non-hydrogen) atoms. The topological polar surface area (TPSA) is 47.4 Å². The molecule has 5 heteroatoms. The third kappa shape index (κ3) is 2.15. The molecule has 0 saturated carbocycles. The maximum atomic E-state index is 12.6. The molecule has 2 aliphatic rings. The van der Waals surface area contributed by atoms with Gasteiger partial charge in [0.1, 0.15) is 11.9 Å². The first-order valence-electron chi connectivity index (χ1n) is 7.81. The van der Waals surface area contributed by atoms with Crippen molar-refractivity contribution in [2.45, 2.75) is 38.8 Å². The second-order valence-electron chi connectivity index (χ2n) is 6.88. The van der Waals surface area contributed by atoms with Crippen molar-refractivity contribution in [2.24, 2.45) is 0 Å². The van der Waals surface area contributed by atoms with Crippen molar-refractivity contribution in [2.75, 3.05) is 4.90 Å². The van der Waals surface area contributed by atoms with Gasteiger partial charge >= 0.3 is 5.97 Å². The van der Waals surface area contributed by atoms with Crippen LogP contribution in [-0.2, 0) is 4.74 Å². The smallest absolute Gasteiger partial charge is 0.359 e. The molecular formula is C18H19N3O2. The standard InChI is InChI=1S/C18H19N3O2/c1-18(2,3)23-17(22)15-16-14-9-6-10-20(14)12-7-4-5-8-13(12)21(16)11-19-15/h4-8,10-11,14H,9H2,1-3H3/t14-/m0/s1. The van der Waals surface area contributed by atoms with Gasteiger partial charge in [-0.25, -0.2) is 9.78 Å². The first kappa shape index (κ1) is 14.1. The lowest BCUT2D eigenvalue weighted by molar-refractivity contribution is 0.00615. The van der Waals surface area contributed by atoms with E-state index in [2.05, 4.69) is 28.2 Å². The van der Waals surface area contributed by atoms with Crippen LogP contribution in [0.4, 0.5) is 5.69 Å². The molecule has 0 bridgehead atoms. The molecule has 3 heterocycles. The van der Waals surface area contributed by atoms with Crippen molar-refractivity contribution in [3.05, 3.63) is 54.3 Å². The minimum Gasteiger partial charge on any atom is -0.455 e. The number of para-hydroxylation sites is 2. The fourth-order valence-corrected chi connectivity index (χ4v) is 3.25. The summed E-state index contributed by atoms with van der Waals surface area (Å²) >= 11 is 0. The zero-order chi connectivity index (χ0) is 16.2. The molecule has 0 aliphatic carbocycles. The molecule has 0 fully saturated rings. The van der Waals surface area contributed by atoms with Crippen LogP contribution in [0.5, 0.6) is 0 Å². The van der Waals surface area contributed by atoms with E-state index in [1.165, 1.54) is 0 Å². The van der Waals surface area contributed by atoms with Crippen LogP contribution in [-0.4, -0.2) is 21.1 Å². The maximum Gasteiger partial charge on any atom is 0.359 e. The molecule has 1 aromatic carbocycles. The van der Waals surface area contributed by atoms with Gasteiger partial charge < -0.3 is 9.64 Å². The van der Waals surface area contributed by atoms with Crippen molar-refractivity contribution < 1.29 is 9.53 Å². The zero-order valence-electron chi connectivity index (χ0n) is 13.5. The number of aromatic nitrogens is 2. The number of benzene rings is 1. The van der Waals surface area contributed by atoms with Crippen molar-refractivity contribution in [1.29, 1.82) is 0 Å². The molecule has 1 aromatic heterocycles. The molecule has 0 spiro atoms. The maximum absolute atomic E-state index is 12.6. The Labute approximate surface area is 135 Å². The van der Waals surface area contributed by atoms with E-state index in [0.29, 0.717) is 5.69 Å². The van der Waals surface area contributed by atoms with Crippen LogP contribution >= 0.6 is 0 Å². The number of nitrogens with zero attached hydrogens (tertiary/aromatic N) is 3. The van der Waals surface area contributed by atoms with Crippen LogP contribution < -0.4 is 4.90 Å². The van der Waals surface area contributed by atoms with E-state index in [1.54, 1.807) is 6.33 Å². The molecule has 118 valence electrons. The minimum atomic E-state index is -0.534. The quantitative estimate of drug-likeness (QED) is 0.755. The summed E-state index contributed by atoms with van der Waals surface area (Å²) in [4.78, 5) is 19.1. The molecule has 2 aromatic rings. The van der Waals surface area contributed by atoms with Gasteiger partial charge in [0.25, 0.3) is 0 Å². The van der Waals surface area contributed by atoms with Crippen LogP contribution in [0.25, 0.3) is 5.69 Å². The monoisotopic (exact) mass is 309 g/mol. The molecular weight excluding hydrogens is 290 g/mol. The van der Waals surface area contributed by atoms with E-state index in [1.807, 2.05) is 43.5 Å². The van der Waals surface area contributed by atoms with E-state index >= 15 is 0 Å². The molecule has 0 unspecified atom stereocenters. The van der Waals surface area contributed by atoms with Gasteiger partial charge in [-0.3, -0.25) is 4.57 Å². The number of ether oxygens (including phenoxy) is 1. The van der Waals surface area contributed by atoms with Gasteiger partial charge in [-0.2, -0.15) is 0 Å². The number of carbonyl (C=O) groups is 1. The summed E-state index contributed by atoms with van der Waals surface area (Å²) in [5.74, 6) is -0.363. The van der Waals surface area contributed by atoms with Crippen molar-refractivity contribution in [3.63, 3.8) is 0 Å². The highest BCUT2D eigenvalue weighted by atomic mass is 16.6. The predicted octanol–water partition coefficient (Wildman–Crippen LogP) is 3.61. The number of esters is 1.